The number of fused-ring (bicyclic) bond motifs is 2. The van der Waals surface area contributed by atoms with Crippen LogP contribution in [0.3, 0.4) is 0 Å². The Labute approximate surface area is 354 Å². The Bertz CT molecular complexity index is 2120. The van der Waals surface area contributed by atoms with E-state index in [-0.39, 0.29) is 36.1 Å². The summed E-state index contributed by atoms with van der Waals surface area (Å²) >= 11 is 0. The number of piperazine rings is 1. The van der Waals surface area contributed by atoms with E-state index in [0.29, 0.717) is 63.5 Å². The molecule has 0 spiro atoms. The maximum absolute atomic E-state index is 14.3. The molecule has 3 aliphatic rings. The van der Waals surface area contributed by atoms with Crippen molar-refractivity contribution < 1.29 is 19.1 Å². The van der Waals surface area contributed by atoms with Gasteiger partial charge in [-0.05, 0) is 99.8 Å². The molecule has 2 aromatic carbocycles. The molecule has 0 radical (unpaired) electrons. The fourth-order valence-electron chi connectivity index (χ4n) is 9.59. The topological polar surface area (TPSA) is 136 Å². The van der Waals surface area contributed by atoms with Gasteiger partial charge in [0.15, 0.2) is 6.73 Å². The Morgan fingerprint density at radius 2 is 1.57 bits per heavy atom. The van der Waals surface area contributed by atoms with Crippen LogP contribution in [0.4, 0.5) is 4.79 Å². The molecule has 0 bridgehead atoms. The van der Waals surface area contributed by atoms with Gasteiger partial charge in [0.2, 0.25) is 5.91 Å². The van der Waals surface area contributed by atoms with Gasteiger partial charge >= 0.3 is 12.0 Å². The number of amides is 3. The van der Waals surface area contributed by atoms with Gasteiger partial charge in [-0.1, -0.05) is 69.7 Å². The lowest BCUT2D eigenvalue weighted by Gasteiger charge is -2.43. The van der Waals surface area contributed by atoms with Gasteiger partial charge in [-0.3, -0.25) is 28.9 Å². The first-order valence-corrected chi connectivity index (χ1v) is 22.7. The zero-order valence-electron chi connectivity index (χ0n) is 36.1. The molecule has 2 aromatic heterocycles. The molecule has 5 heterocycles. The molecule has 7 rings (SSSR count). The number of para-hydroxylation sites is 1. The normalized spacial score (nSPS) is 18.0. The number of unbranched alkanes of at least 4 members (excludes halogenated alkanes) is 6. The third kappa shape index (κ3) is 10.8. The molecule has 0 saturated carbocycles. The molecule has 324 valence electrons. The lowest BCUT2D eigenvalue weighted by atomic mass is 9.89. The van der Waals surface area contributed by atoms with Gasteiger partial charge in [0.1, 0.15) is 6.04 Å². The smallest absolute Gasteiger partial charge is 0.318 e. The van der Waals surface area contributed by atoms with E-state index in [1.807, 2.05) is 42.2 Å². The Morgan fingerprint density at radius 1 is 0.850 bits per heavy atom. The Hall–Kier alpha value is -4.75. The predicted molar refractivity (Wildman–Crippen MR) is 236 cm³/mol. The van der Waals surface area contributed by atoms with Gasteiger partial charge < -0.3 is 24.8 Å². The highest BCUT2D eigenvalue weighted by Crippen LogP contribution is 2.29. The first-order valence-electron chi connectivity index (χ1n) is 22.7. The van der Waals surface area contributed by atoms with Crippen molar-refractivity contribution in [3.8, 4) is 0 Å². The second-order valence-electron chi connectivity index (χ2n) is 17.5. The number of urea groups is 1. The van der Waals surface area contributed by atoms with Crippen LogP contribution in [-0.2, 0) is 27.5 Å². The minimum absolute atomic E-state index is 0.0500. The van der Waals surface area contributed by atoms with Crippen LogP contribution in [0, 0.1) is 6.92 Å². The number of aromatic nitrogens is 3. The summed E-state index contributed by atoms with van der Waals surface area (Å²) in [6, 6.07) is 13.4. The Balaban J connectivity index is 0.985. The van der Waals surface area contributed by atoms with Crippen LogP contribution in [0.2, 0.25) is 0 Å². The van der Waals surface area contributed by atoms with Crippen molar-refractivity contribution in [1.82, 2.24) is 39.7 Å². The second-order valence-corrected chi connectivity index (χ2v) is 17.5. The molecule has 0 aliphatic carbocycles. The number of nitrogens with zero attached hydrogens (tertiary/aromatic N) is 6. The van der Waals surface area contributed by atoms with E-state index in [0.717, 1.165) is 91.2 Å². The summed E-state index contributed by atoms with van der Waals surface area (Å²) in [6.45, 7) is 10.2. The average Bonchev–Trinajstić information content (AvgIpc) is 3.75. The number of piperidine rings is 2. The lowest BCUT2D eigenvalue weighted by molar-refractivity contribution is -0.147. The molecule has 3 amide bonds. The minimum Gasteiger partial charge on any atom is -0.444 e. The molecule has 3 fully saturated rings. The lowest BCUT2D eigenvalue weighted by Crippen LogP contribution is -2.59. The van der Waals surface area contributed by atoms with E-state index in [1.165, 1.54) is 25.7 Å². The molecule has 13 heteroatoms. The number of hydrogen-bond acceptors (Lipinski definition) is 8. The average molecular weight is 823 g/mol. The van der Waals surface area contributed by atoms with Crippen molar-refractivity contribution in [2.45, 2.75) is 122 Å². The zero-order chi connectivity index (χ0) is 42.0. The number of aryl methyl sites for hydroxylation is 1. The number of benzene rings is 2. The van der Waals surface area contributed by atoms with Crippen LogP contribution in [0.5, 0.6) is 0 Å². The van der Waals surface area contributed by atoms with Gasteiger partial charge in [-0.15, -0.1) is 0 Å². The SMILES string of the molecule is CCCCCCCCCC(=O)OCn1c(=O)c(C2CCN(C(=O)NC(Cc3cc(C)c4[nH]ncc4c3)C(=O)N3CCN(C4CCN(C)CC4)CC3)CC2)cc2ccccc21. The number of carbonyl (C=O) groups excluding carboxylic acids is 3. The molecule has 3 saturated heterocycles. The highest BCUT2D eigenvalue weighted by atomic mass is 16.5. The number of esters is 1. The molecule has 2 N–H and O–H groups in total. The van der Waals surface area contributed by atoms with E-state index < -0.39 is 6.04 Å². The summed E-state index contributed by atoms with van der Waals surface area (Å²) in [5, 5.41) is 12.3. The quantitative estimate of drug-likeness (QED) is 0.0958. The van der Waals surface area contributed by atoms with Crippen molar-refractivity contribution in [3.63, 3.8) is 0 Å². The largest absolute Gasteiger partial charge is 0.444 e. The van der Waals surface area contributed by atoms with Gasteiger partial charge in [0, 0.05) is 69.1 Å². The summed E-state index contributed by atoms with van der Waals surface area (Å²) in [5.74, 6) is -0.400. The maximum Gasteiger partial charge on any atom is 0.318 e. The highest BCUT2D eigenvalue weighted by Gasteiger charge is 2.34. The molecule has 1 atom stereocenters. The number of pyridine rings is 1. The van der Waals surface area contributed by atoms with Crippen LogP contribution in [0.15, 0.2) is 53.5 Å². The number of carbonyl (C=O) groups is 3. The Morgan fingerprint density at radius 3 is 2.32 bits per heavy atom. The summed E-state index contributed by atoms with van der Waals surface area (Å²) in [5.41, 5.74) is 4.23. The zero-order valence-corrected chi connectivity index (χ0v) is 36.1. The molecular formula is C47H66N8O5. The summed E-state index contributed by atoms with van der Waals surface area (Å²) in [4.78, 5) is 63.8. The van der Waals surface area contributed by atoms with Gasteiger partial charge in [0.25, 0.3) is 5.56 Å². The monoisotopic (exact) mass is 823 g/mol. The summed E-state index contributed by atoms with van der Waals surface area (Å²) in [7, 11) is 2.18. The van der Waals surface area contributed by atoms with Crippen LogP contribution in [0.25, 0.3) is 21.8 Å². The number of H-pyrrole nitrogens is 1. The van der Waals surface area contributed by atoms with E-state index in [1.54, 1.807) is 15.7 Å². The fourth-order valence-corrected chi connectivity index (χ4v) is 9.59. The standard InChI is InChI=1S/C47H66N8O5/c1-4-5-6-7-8-9-10-15-43(56)60-33-55-42-14-12-11-13-37(42)31-40(45(55)57)36-16-22-54(23-17-36)47(59)49-41(30-35-28-34(2)44-38(29-35)32-48-50-44)46(58)53-26-24-52(25-27-53)39-18-20-51(3)21-19-39/h11-14,28-29,31-32,36,39,41H,4-10,15-27,30,33H2,1-3H3,(H,48,50)(H,49,59). The van der Waals surface area contributed by atoms with Crippen molar-refractivity contribution >= 4 is 39.7 Å². The first kappa shape index (κ1) is 43.3. The Kier molecular flexibility index (Phi) is 14.9. The van der Waals surface area contributed by atoms with Crippen molar-refractivity contribution in [1.29, 1.82) is 0 Å². The van der Waals surface area contributed by atoms with Crippen LogP contribution in [-0.4, -0.2) is 124 Å². The van der Waals surface area contributed by atoms with E-state index in [2.05, 4.69) is 51.4 Å². The number of hydrogen-bond donors (Lipinski definition) is 2. The van der Waals surface area contributed by atoms with Crippen LogP contribution >= 0.6 is 0 Å². The summed E-state index contributed by atoms with van der Waals surface area (Å²) < 4.78 is 7.26. The summed E-state index contributed by atoms with van der Waals surface area (Å²) in [6.07, 6.45) is 13.9. The van der Waals surface area contributed by atoms with Crippen molar-refractivity contribution in [3.05, 3.63) is 75.7 Å². The molecular weight excluding hydrogens is 757 g/mol. The van der Waals surface area contributed by atoms with E-state index >= 15 is 0 Å². The van der Waals surface area contributed by atoms with Gasteiger partial charge in [-0.25, -0.2) is 4.79 Å². The minimum atomic E-state index is -0.727. The molecule has 4 aromatic rings. The highest BCUT2D eigenvalue weighted by molar-refractivity contribution is 5.88. The first-order chi connectivity index (χ1) is 29.2. The van der Waals surface area contributed by atoms with E-state index in [9.17, 15) is 19.2 Å². The fraction of sp³-hybridized carbons (Fsp3) is 0.596. The third-order valence-corrected chi connectivity index (χ3v) is 13.3. The van der Waals surface area contributed by atoms with Gasteiger partial charge in [-0.2, -0.15) is 5.10 Å². The van der Waals surface area contributed by atoms with E-state index in [4.69, 9.17) is 4.74 Å². The van der Waals surface area contributed by atoms with Crippen molar-refractivity contribution in [2.75, 3.05) is 59.4 Å². The number of aromatic amines is 1. The third-order valence-electron chi connectivity index (χ3n) is 13.3. The van der Waals surface area contributed by atoms with Gasteiger partial charge in [0.05, 0.1) is 17.2 Å². The molecule has 13 nitrogen and oxygen atoms in total. The molecule has 60 heavy (non-hydrogen) atoms. The number of rotatable bonds is 16. The predicted octanol–water partition coefficient (Wildman–Crippen LogP) is 6.57. The van der Waals surface area contributed by atoms with Crippen molar-refractivity contribution in [2.24, 2.45) is 0 Å². The number of likely N-dealkylation sites (tertiary alicyclic amines) is 2. The maximum atomic E-state index is 14.3. The number of nitrogens with one attached hydrogen (secondary N) is 2. The molecule has 1 unspecified atom stereocenters. The van der Waals surface area contributed by atoms with Crippen LogP contribution in [0.1, 0.15) is 107 Å². The van der Waals surface area contributed by atoms with Crippen LogP contribution < -0.4 is 10.9 Å². The second kappa shape index (κ2) is 20.7. The molecule has 3 aliphatic heterocycles. The number of ether oxygens (including phenoxy) is 1.